The fourth-order valence-electron chi connectivity index (χ4n) is 5.32. The molecule has 0 radical (unpaired) electrons. The number of ether oxygens (including phenoxy) is 3. The minimum absolute atomic E-state index is 0.192. The van der Waals surface area contributed by atoms with E-state index in [0.717, 1.165) is 22.6 Å². The number of fused-ring (bicyclic) bond motifs is 1. The smallest absolute Gasteiger partial charge is 0.338 e. The van der Waals surface area contributed by atoms with Gasteiger partial charge in [0.25, 0.3) is 5.56 Å². The van der Waals surface area contributed by atoms with Gasteiger partial charge < -0.3 is 18.8 Å². The lowest BCUT2D eigenvalue weighted by Gasteiger charge is -2.26. The Kier molecular flexibility index (Phi) is 8.56. The summed E-state index contributed by atoms with van der Waals surface area (Å²) < 4.78 is 21.7. The summed E-state index contributed by atoms with van der Waals surface area (Å²) >= 11 is 4.96. The summed E-state index contributed by atoms with van der Waals surface area (Å²) in [4.78, 5) is 32.7. The van der Waals surface area contributed by atoms with Crippen molar-refractivity contribution in [2.45, 2.75) is 40.7 Å². The topological polar surface area (TPSA) is 84.1 Å². The van der Waals surface area contributed by atoms with Gasteiger partial charge in [0, 0.05) is 21.5 Å². The van der Waals surface area contributed by atoms with E-state index < -0.39 is 12.0 Å². The van der Waals surface area contributed by atoms with Gasteiger partial charge >= 0.3 is 5.97 Å². The molecule has 0 saturated carbocycles. The predicted molar refractivity (Wildman–Crippen MR) is 168 cm³/mol. The maximum atomic E-state index is 14.2. The number of aromatic nitrogens is 2. The number of methoxy groups -OCH3 is 1. The van der Waals surface area contributed by atoms with Crippen LogP contribution in [-0.2, 0) is 9.53 Å². The molecule has 4 aromatic rings. The van der Waals surface area contributed by atoms with E-state index in [1.165, 1.54) is 11.3 Å². The maximum absolute atomic E-state index is 14.2. The van der Waals surface area contributed by atoms with Crippen molar-refractivity contribution in [2.24, 2.45) is 4.99 Å². The lowest BCUT2D eigenvalue weighted by molar-refractivity contribution is -0.139. The predicted octanol–water partition coefficient (Wildman–Crippen LogP) is 5.38. The molecule has 8 nitrogen and oxygen atoms in total. The third kappa shape index (κ3) is 5.25. The Bertz CT molecular complexity index is 1890. The molecule has 3 heterocycles. The summed E-state index contributed by atoms with van der Waals surface area (Å²) in [5, 5.41) is 0. The second-order valence-corrected chi connectivity index (χ2v) is 11.6. The largest absolute Gasteiger partial charge is 0.493 e. The number of halogens is 1. The molecule has 1 aliphatic rings. The van der Waals surface area contributed by atoms with Gasteiger partial charge in [-0.2, -0.15) is 0 Å². The molecule has 218 valence electrons. The summed E-state index contributed by atoms with van der Waals surface area (Å²) in [6, 6.07) is 15.0. The van der Waals surface area contributed by atoms with Crippen molar-refractivity contribution >= 4 is 39.3 Å². The molecule has 0 N–H and O–H groups in total. The number of rotatable bonds is 8. The number of para-hydroxylation sites is 1. The summed E-state index contributed by atoms with van der Waals surface area (Å²) in [7, 11) is 1.56. The maximum Gasteiger partial charge on any atom is 0.338 e. The van der Waals surface area contributed by atoms with Crippen LogP contribution in [0.25, 0.3) is 11.8 Å². The fourth-order valence-corrected chi connectivity index (χ4v) is 6.90. The van der Waals surface area contributed by atoms with Gasteiger partial charge in [-0.05, 0) is 82.2 Å². The van der Waals surface area contributed by atoms with E-state index in [2.05, 4.69) is 38.7 Å². The number of hydrogen-bond acceptors (Lipinski definition) is 7. The highest BCUT2D eigenvalue weighted by Gasteiger charge is 2.35. The monoisotopic (exact) mass is 649 g/mol. The van der Waals surface area contributed by atoms with Gasteiger partial charge in [-0.25, -0.2) is 9.79 Å². The number of esters is 1. The van der Waals surface area contributed by atoms with Crippen LogP contribution in [0.1, 0.15) is 49.3 Å². The van der Waals surface area contributed by atoms with E-state index in [0.29, 0.717) is 48.7 Å². The van der Waals surface area contributed by atoms with Crippen LogP contribution in [0.5, 0.6) is 11.5 Å². The number of thiazole rings is 1. The van der Waals surface area contributed by atoms with Crippen LogP contribution in [0.3, 0.4) is 0 Å². The van der Waals surface area contributed by atoms with Crippen LogP contribution in [0, 0.1) is 13.8 Å². The zero-order valence-corrected chi connectivity index (χ0v) is 26.8. The number of aryl methyl sites for hydroxylation is 1. The average Bonchev–Trinajstić information content (AvgIpc) is 3.42. The molecule has 0 fully saturated rings. The Morgan fingerprint density at radius 1 is 1.07 bits per heavy atom. The van der Waals surface area contributed by atoms with Crippen molar-refractivity contribution in [1.29, 1.82) is 0 Å². The average molecular weight is 651 g/mol. The van der Waals surface area contributed by atoms with E-state index in [1.807, 2.05) is 45.0 Å². The van der Waals surface area contributed by atoms with Crippen molar-refractivity contribution in [3.8, 4) is 17.2 Å². The van der Waals surface area contributed by atoms with Crippen molar-refractivity contribution in [3.63, 3.8) is 0 Å². The minimum atomic E-state index is -0.793. The van der Waals surface area contributed by atoms with Crippen LogP contribution in [0.2, 0.25) is 0 Å². The quantitative estimate of drug-likeness (QED) is 0.240. The highest BCUT2D eigenvalue weighted by molar-refractivity contribution is 9.10. The van der Waals surface area contributed by atoms with E-state index in [4.69, 9.17) is 19.2 Å². The molecular weight excluding hydrogens is 618 g/mol. The second kappa shape index (κ2) is 12.1. The highest BCUT2D eigenvalue weighted by Crippen LogP contribution is 2.41. The third-order valence-corrected chi connectivity index (χ3v) is 8.84. The van der Waals surface area contributed by atoms with E-state index >= 15 is 0 Å². The van der Waals surface area contributed by atoms with Gasteiger partial charge in [0.15, 0.2) is 16.3 Å². The Balaban J connectivity index is 1.73. The first-order valence-electron chi connectivity index (χ1n) is 13.6. The molecule has 0 aliphatic carbocycles. The molecule has 0 unspecified atom stereocenters. The van der Waals surface area contributed by atoms with E-state index in [-0.39, 0.29) is 12.2 Å². The molecule has 10 heteroatoms. The van der Waals surface area contributed by atoms with Crippen molar-refractivity contribution in [1.82, 2.24) is 9.13 Å². The van der Waals surface area contributed by atoms with Crippen LogP contribution in [0.15, 0.2) is 74.1 Å². The Morgan fingerprint density at radius 2 is 1.81 bits per heavy atom. The standard InChI is InChI=1S/C32H32BrN3O5S/c1-7-40-26-17-24(33)23(16-25(26)39-6)29-28(31(38)41-8-2)19(4)34-32-36(29)30(37)27(42-32)15-21-14-18(3)35(20(21)5)22-12-10-9-11-13-22/h9-17,29H,7-8H2,1-6H3/b27-15+/t29-/m0/s1. The number of allylic oxidation sites excluding steroid dienone is 1. The van der Waals surface area contributed by atoms with Crippen molar-refractivity contribution in [2.75, 3.05) is 20.3 Å². The second-order valence-electron chi connectivity index (χ2n) is 9.76. The van der Waals surface area contributed by atoms with Crippen molar-refractivity contribution < 1.29 is 19.0 Å². The van der Waals surface area contributed by atoms with Crippen LogP contribution >= 0.6 is 27.3 Å². The van der Waals surface area contributed by atoms with Gasteiger partial charge in [0.2, 0.25) is 0 Å². The highest BCUT2D eigenvalue weighted by atomic mass is 79.9. The van der Waals surface area contributed by atoms with Gasteiger partial charge in [-0.3, -0.25) is 9.36 Å². The Labute approximate surface area is 256 Å². The molecule has 2 aromatic carbocycles. The lowest BCUT2D eigenvalue weighted by atomic mass is 9.95. The van der Waals surface area contributed by atoms with Gasteiger partial charge in [-0.1, -0.05) is 45.5 Å². The van der Waals surface area contributed by atoms with Crippen molar-refractivity contribution in [3.05, 3.63) is 106 Å². The molecule has 0 amide bonds. The third-order valence-electron chi connectivity index (χ3n) is 7.17. The Morgan fingerprint density at radius 3 is 2.48 bits per heavy atom. The van der Waals surface area contributed by atoms with Crippen LogP contribution < -0.4 is 24.4 Å². The minimum Gasteiger partial charge on any atom is -0.493 e. The van der Waals surface area contributed by atoms with Gasteiger partial charge in [0.05, 0.1) is 42.2 Å². The first-order valence-corrected chi connectivity index (χ1v) is 15.2. The molecule has 2 aromatic heterocycles. The molecule has 1 atom stereocenters. The SMILES string of the molecule is CCOC(=O)C1=C(C)N=c2s/c(=C/c3cc(C)n(-c4ccccc4)c3C)c(=O)n2[C@H]1c1cc(OC)c(OCC)cc1Br. The molecule has 0 spiro atoms. The van der Waals surface area contributed by atoms with Crippen LogP contribution in [0.4, 0.5) is 0 Å². The molecule has 0 bridgehead atoms. The summed E-state index contributed by atoms with van der Waals surface area (Å²) in [6.07, 6.45) is 1.90. The first kappa shape index (κ1) is 29.6. The first-order chi connectivity index (χ1) is 20.2. The summed E-state index contributed by atoms with van der Waals surface area (Å²) in [5.74, 6) is 0.516. The van der Waals surface area contributed by atoms with Crippen LogP contribution in [-0.4, -0.2) is 35.4 Å². The molecule has 5 rings (SSSR count). The molecule has 42 heavy (non-hydrogen) atoms. The molecule has 0 saturated heterocycles. The Hall–Kier alpha value is -3.89. The molecular formula is C32H32BrN3O5S. The number of carbonyl (C=O) groups is 1. The summed E-state index contributed by atoms with van der Waals surface area (Å²) in [5.41, 5.74) is 5.26. The lowest BCUT2D eigenvalue weighted by Crippen LogP contribution is -2.40. The molecule has 1 aliphatic heterocycles. The zero-order valence-electron chi connectivity index (χ0n) is 24.4. The van der Waals surface area contributed by atoms with Gasteiger partial charge in [0.1, 0.15) is 0 Å². The normalized spacial score (nSPS) is 14.9. The zero-order chi connectivity index (χ0) is 30.1. The van der Waals surface area contributed by atoms with Gasteiger partial charge in [-0.15, -0.1) is 0 Å². The van der Waals surface area contributed by atoms with E-state index in [9.17, 15) is 9.59 Å². The number of nitrogens with zero attached hydrogens (tertiary/aromatic N) is 3. The number of carbonyl (C=O) groups excluding carboxylic acids is 1. The number of benzene rings is 2. The fraction of sp³-hybridized carbons (Fsp3) is 0.281. The summed E-state index contributed by atoms with van der Waals surface area (Å²) in [6.45, 7) is 10.1. The number of hydrogen-bond donors (Lipinski definition) is 0. The van der Waals surface area contributed by atoms with E-state index in [1.54, 1.807) is 37.7 Å².